The highest BCUT2D eigenvalue weighted by molar-refractivity contribution is 5.77. The fourth-order valence-electron chi connectivity index (χ4n) is 2.77. The predicted octanol–water partition coefficient (Wildman–Crippen LogP) is 4.40. The molecule has 0 radical (unpaired) electrons. The minimum absolute atomic E-state index is 0.132. The Morgan fingerprint density at radius 1 is 1.14 bits per heavy atom. The van der Waals surface area contributed by atoms with Crippen molar-refractivity contribution in [3.8, 4) is 0 Å². The minimum Gasteiger partial charge on any atom is -0.462 e. The van der Waals surface area contributed by atoms with Crippen LogP contribution in [0.1, 0.15) is 86.0 Å². The van der Waals surface area contributed by atoms with Gasteiger partial charge in [0.2, 0.25) is 0 Å². The van der Waals surface area contributed by atoms with Crippen molar-refractivity contribution in [3.63, 3.8) is 0 Å². The van der Waals surface area contributed by atoms with Crippen LogP contribution in [0.2, 0.25) is 0 Å². The van der Waals surface area contributed by atoms with Gasteiger partial charge >= 0.3 is 11.9 Å². The number of rotatable bonds is 7. The molecule has 4 heteroatoms. The third-order valence-electron chi connectivity index (χ3n) is 4.94. The van der Waals surface area contributed by atoms with E-state index in [1.165, 1.54) is 6.42 Å². The van der Waals surface area contributed by atoms with Gasteiger partial charge in [0.15, 0.2) is 0 Å². The smallest absolute Gasteiger partial charge is 0.311 e. The Bertz CT molecular complexity index is 381. The SMILES string of the molecule is CCC1(OC(=O)CC(C)OC(=O)C(C)(C)CC)CCCCC1. The second-order valence-electron chi connectivity index (χ2n) is 7.23. The van der Waals surface area contributed by atoms with Crippen LogP contribution in [-0.4, -0.2) is 23.6 Å². The molecule has 1 saturated carbocycles. The molecule has 0 spiro atoms. The Morgan fingerprint density at radius 2 is 1.73 bits per heavy atom. The fourth-order valence-corrected chi connectivity index (χ4v) is 2.77. The fraction of sp³-hybridized carbons (Fsp3) is 0.889. The minimum atomic E-state index is -0.508. The Labute approximate surface area is 134 Å². The normalized spacial score (nSPS) is 19.3. The van der Waals surface area contributed by atoms with E-state index in [2.05, 4.69) is 6.92 Å². The zero-order chi connectivity index (χ0) is 16.8. The van der Waals surface area contributed by atoms with Crippen LogP contribution in [0.25, 0.3) is 0 Å². The van der Waals surface area contributed by atoms with E-state index in [1.807, 2.05) is 20.8 Å². The van der Waals surface area contributed by atoms with E-state index in [-0.39, 0.29) is 24.0 Å². The summed E-state index contributed by atoms with van der Waals surface area (Å²) in [7, 11) is 0. The van der Waals surface area contributed by atoms with Gasteiger partial charge < -0.3 is 9.47 Å². The van der Waals surface area contributed by atoms with Crippen molar-refractivity contribution < 1.29 is 19.1 Å². The van der Waals surface area contributed by atoms with Gasteiger partial charge in [0.25, 0.3) is 0 Å². The molecule has 0 N–H and O–H groups in total. The lowest BCUT2D eigenvalue weighted by molar-refractivity contribution is -0.170. The van der Waals surface area contributed by atoms with Crippen molar-refractivity contribution >= 4 is 11.9 Å². The summed E-state index contributed by atoms with van der Waals surface area (Å²) in [4.78, 5) is 24.2. The molecular weight excluding hydrogens is 280 g/mol. The number of ether oxygens (including phenoxy) is 2. The molecule has 1 aliphatic rings. The Hall–Kier alpha value is -1.06. The quantitative estimate of drug-likeness (QED) is 0.654. The molecule has 0 aromatic carbocycles. The summed E-state index contributed by atoms with van der Waals surface area (Å²) < 4.78 is 11.2. The Kier molecular flexibility index (Phi) is 6.89. The lowest BCUT2D eigenvalue weighted by Gasteiger charge is -2.36. The zero-order valence-electron chi connectivity index (χ0n) is 14.9. The summed E-state index contributed by atoms with van der Waals surface area (Å²) in [6.45, 7) is 9.49. The number of esters is 2. The standard InChI is InChI=1S/C18H32O4/c1-6-17(4,5)16(20)21-14(3)13-15(19)22-18(7-2)11-9-8-10-12-18/h14H,6-13H2,1-5H3. The van der Waals surface area contributed by atoms with Gasteiger partial charge in [-0.2, -0.15) is 0 Å². The molecule has 1 unspecified atom stereocenters. The van der Waals surface area contributed by atoms with Gasteiger partial charge in [-0.3, -0.25) is 9.59 Å². The number of hydrogen-bond donors (Lipinski definition) is 0. The van der Waals surface area contributed by atoms with Crippen LogP contribution in [0.3, 0.4) is 0 Å². The number of carbonyl (C=O) groups is 2. The summed E-state index contributed by atoms with van der Waals surface area (Å²) in [5.41, 5.74) is -0.798. The molecule has 1 atom stereocenters. The second kappa shape index (κ2) is 7.98. The van der Waals surface area contributed by atoms with Crippen molar-refractivity contribution in [2.24, 2.45) is 5.41 Å². The maximum atomic E-state index is 12.2. The van der Waals surface area contributed by atoms with Gasteiger partial charge in [0, 0.05) is 0 Å². The third kappa shape index (κ3) is 5.29. The van der Waals surface area contributed by atoms with Crippen LogP contribution in [0.4, 0.5) is 0 Å². The first-order valence-electron chi connectivity index (χ1n) is 8.67. The molecule has 0 aliphatic heterocycles. The lowest BCUT2D eigenvalue weighted by atomic mass is 9.83. The third-order valence-corrected chi connectivity index (χ3v) is 4.94. The van der Waals surface area contributed by atoms with Gasteiger partial charge in [-0.15, -0.1) is 0 Å². The van der Waals surface area contributed by atoms with Gasteiger partial charge in [0.05, 0.1) is 11.8 Å². The summed E-state index contributed by atoms with van der Waals surface area (Å²) in [6, 6.07) is 0. The van der Waals surface area contributed by atoms with E-state index < -0.39 is 11.5 Å². The first-order chi connectivity index (χ1) is 10.2. The van der Waals surface area contributed by atoms with Gasteiger partial charge in [-0.25, -0.2) is 0 Å². The van der Waals surface area contributed by atoms with Gasteiger partial charge in [-0.05, 0) is 59.3 Å². The van der Waals surface area contributed by atoms with Crippen LogP contribution < -0.4 is 0 Å². The molecule has 0 aromatic rings. The van der Waals surface area contributed by atoms with Crippen LogP contribution in [0, 0.1) is 5.41 Å². The molecule has 0 saturated heterocycles. The average Bonchev–Trinajstić information content (AvgIpc) is 2.47. The van der Waals surface area contributed by atoms with Crippen molar-refractivity contribution in [1.82, 2.24) is 0 Å². The largest absolute Gasteiger partial charge is 0.462 e. The highest BCUT2D eigenvalue weighted by Gasteiger charge is 2.35. The molecule has 1 aliphatic carbocycles. The predicted molar refractivity (Wildman–Crippen MR) is 86.4 cm³/mol. The van der Waals surface area contributed by atoms with E-state index in [1.54, 1.807) is 6.92 Å². The van der Waals surface area contributed by atoms with Crippen LogP contribution in [0.5, 0.6) is 0 Å². The molecule has 128 valence electrons. The highest BCUT2D eigenvalue weighted by atomic mass is 16.6. The van der Waals surface area contributed by atoms with Gasteiger partial charge in [0.1, 0.15) is 11.7 Å². The summed E-state index contributed by atoms with van der Waals surface area (Å²) >= 11 is 0. The summed E-state index contributed by atoms with van der Waals surface area (Å²) in [5, 5.41) is 0. The molecule has 22 heavy (non-hydrogen) atoms. The van der Waals surface area contributed by atoms with E-state index in [4.69, 9.17) is 9.47 Å². The van der Waals surface area contributed by atoms with Crippen molar-refractivity contribution in [2.45, 2.75) is 97.7 Å². The van der Waals surface area contributed by atoms with E-state index >= 15 is 0 Å². The van der Waals surface area contributed by atoms with Crippen LogP contribution in [-0.2, 0) is 19.1 Å². The van der Waals surface area contributed by atoms with Crippen molar-refractivity contribution in [3.05, 3.63) is 0 Å². The molecule has 0 bridgehead atoms. The van der Waals surface area contributed by atoms with E-state index in [9.17, 15) is 9.59 Å². The maximum absolute atomic E-state index is 12.2. The topological polar surface area (TPSA) is 52.6 Å². The van der Waals surface area contributed by atoms with Gasteiger partial charge in [-0.1, -0.05) is 20.3 Å². The average molecular weight is 312 g/mol. The van der Waals surface area contributed by atoms with Crippen molar-refractivity contribution in [1.29, 1.82) is 0 Å². The molecule has 1 fully saturated rings. The Balaban J connectivity index is 2.48. The summed E-state index contributed by atoms with van der Waals surface area (Å²) in [5.74, 6) is -0.503. The Morgan fingerprint density at radius 3 is 2.23 bits per heavy atom. The zero-order valence-corrected chi connectivity index (χ0v) is 14.9. The highest BCUT2D eigenvalue weighted by Crippen LogP contribution is 2.34. The number of hydrogen-bond acceptors (Lipinski definition) is 4. The number of carbonyl (C=O) groups excluding carboxylic acids is 2. The molecule has 0 heterocycles. The van der Waals surface area contributed by atoms with E-state index in [0.717, 1.165) is 32.1 Å². The van der Waals surface area contributed by atoms with Crippen LogP contribution in [0.15, 0.2) is 0 Å². The van der Waals surface area contributed by atoms with Crippen molar-refractivity contribution in [2.75, 3.05) is 0 Å². The molecular formula is C18H32O4. The van der Waals surface area contributed by atoms with E-state index in [0.29, 0.717) is 6.42 Å². The van der Waals surface area contributed by atoms with Crippen LogP contribution >= 0.6 is 0 Å². The second-order valence-corrected chi connectivity index (χ2v) is 7.23. The first kappa shape index (κ1) is 19.0. The molecule has 0 amide bonds. The summed E-state index contributed by atoms with van der Waals surface area (Å²) in [6.07, 6.45) is 6.62. The monoisotopic (exact) mass is 312 g/mol. The first-order valence-corrected chi connectivity index (χ1v) is 8.67. The maximum Gasteiger partial charge on any atom is 0.311 e. The lowest BCUT2D eigenvalue weighted by Crippen LogP contribution is -2.38. The molecule has 1 rings (SSSR count). The molecule has 4 nitrogen and oxygen atoms in total. The molecule has 0 aromatic heterocycles.